The Labute approximate surface area is 144 Å². The summed E-state index contributed by atoms with van der Waals surface area (Å²) in [4.78, 5) is 1.96. The van der Waals surface area contributed by atoms with Crippen LogP contribution >= 0.6 is 0 Å². The first-order chi connectivity index (χ1) is 11.3. The number of sulfonamides is 1. The second kappa shape index (κ2) is 7.79. The van der Waals surface area contributed by atoms with Crippen LogP contribution in [-0.2, 0) is 15.8 Å². The van der Waals surface area contributed by atoms with Gasteiger partial charge in [0.2, 0.25) is 10.0 Å². The molecular formula is C18H24N2O3S. The highest BCUT2D eigenvalue weighted by Crippen LogP contribution is 2.18. The van der Waals surface area contributed by atoms with Crippen LogP contribution in [0.5, 0.6) is 0 Å². The fourth-order valence-corrected chi connectivity index (χ4v) is 3.52. The lowest BCUT2D eigenvalue weighted by atomic mass is 10.1. The SMILES string of the molecule is Cc1cccc(CS(=O)(=O)NC[C@@H](O)c2ccc(N(C)C)cc2)c1. The molecule has 0 saturated heterocycles. The second-order valence-corrected chi connectivity index (χ2v) is 7.91. The standard InChI is InChI=1S/C18H24N2O3S/c1-14-5-4-6-15(11-14)13-24(22,23)19-12-18(21)16-7-9-17(10-8-16)20(2)3/h4-11,18-19,21H,12-13H2,1-3H3/t18-/m1/s1. The zero-order chi connectivity index (χ0) is 17.7. The minimum Gasteiger partial charge on any atom is -0.387 e. The van der Waals surface area contributed by atoms with Gasteiger partial charge in [-0.05, 0) is 30.2 Å². The lowest BCUT2D eigenvalue weighted by Crippen LogP contribution is -2.29. The van der Waals surface area contributed by atoms with E-state index in [4.69, 9.17) is 0 Å². The van der Waals surface area contributed by atoms with Gasteiger partial charge in [0.05, 0.1) is 11.9 Å². The van der Waals surface area contributed by atoms with Gasteiger partial charge in [0, 0.05) is 26.3 Å². The number of aliphatic hydroxyl groups is 1. The molecule has 2 N–H and O–H groups in total. The van der Waals surface area contributed by atoms with Crippen molar-refractivity contribution in [1.82, 2.24) is 4.72 Å². The van der Waals surface area contributed by atoms with E-state index in [2.05, 4.69) is 4.72 Å². The number of anilines is 1. The number of nitrogens with one attached hydrogen (secondary N) is 1. The third-order valence-corrected chi connectivity index (χ3v) is 5.05. The smallest absolute Gasteiger partial charge is 0.215 e. The Kier molecular flexibility index (Phi) is 5.99. The van der Waals surface area contributed by atoms with Gasteiger partial charge in [0.15, 0.2) is 0 Å². The molecule has 0 amide bonds. The van der Waals surface area contributed by atoms with Crippen molar-refractivity contribution in [1.29, 1.82) is 0 Å². The van der Waals surface area contributed by atoms with Crippen LogP contribution in [0.2, 0.25) is 0 Å². The highest BCUT2D eigenvalue weighted by molar-refractivity contribution is 7.88. The number of hydrogen-bond donors (Lipinski definition) is 2. The second-order valence-electron chi connectivity index (χ2n) is 6.10. The summed E-state index contributed by atoms with van der Waals surface area (Å²) >= 11 is 0. The predicted molar refractivity (Wildman–Crippen MR) is 97.5 cm³/mol. The maximum absolute atomic E-state index is 12.2. The van der Waals surface area contributed by atoms with Crippen LogP contribution in [0.3, 0.4) is 0 Å². The maximum Gasteiger partial charge on any atom is 0.215 e. The number of rotatable bonds is 7. The molecule has 0 aliphatic heterocycles. The molecule has 0 aromatic heterocycles. The summed E-state index contributed by atoms with van der Waals surface area (Å²) in [5, 5.41) is 10.2. The molecule has 2 rings (SSSR count). The summed E-state index contributed by atoms with van der Waals surface area (Å²) in [7, 11) is 0.376. The highest BCUT2D eigenvalue weighted by Gasteiger charge is 2.15. The van der Waals surface area contributed by atoms with Crippen LogP contribution in [0.25, 0.3) is 0 Å². The Balaban J connectivity index is 1.95. The van der Waals surface area contributed by atoms with Gasteiger partial charge in [0.25, 0.3) is 0 Å². The van der Waals surface area contributed by atoms with E-state index in [9.17, 15) is 13.5 Å². The molecule has 0 radical (unpaired) electrons. The highest BCUT2D eigenvalue weighted by atomic mass is 32.2. The number of nitrogens with zero attached hydrogens (tertiary/aromatic N) is 1. The Morgan fingerprint density at radius 3 is 2.38 bits per heavy atom. The van der Waals surface area contributed by atoms with Crippen LogP contribution in [0, 0.1) is 6.92 Å². The third kappa shape index (κ3) is 5.33. The zero-order valence-electron chi connectivity index (χ0n) is 14.2. The van der Waals surface area contributed by atoms with Gasteiger partial charge in [-0.1, -0.05) is 42.0 Å². The van der Waals surface area contributed by atoms with Crippen molar-refractivity contribution in [3.05, 3.63) is 65.2 Å². The normalized spacial score (nSPS) is 12.8. The van der Waals surface area contributed by atoms with E-state index in [1.165, 1.54) is 0 Å². The van der Waals surface area contributed by atoms with Crippen molar-refractivity contribution < 1.29 is 13.5 Å². The van der Waals surface area contributed by atoms with E-state index in [-0.39, 0.29) is 12.3 Å². The molecule has 5 nitrogen and oxygen atoms in total. The van der Waals surface area contributed by atoms with E-state index in [1.807, 2.05) is 56.3 Å². The molecule has 0 fully saturated rings. The number of hydrogen-bond acceptors (Lipinski definition) is 4. The molecule has 24 heavy (non-hydrogen) atoms. The molecule has 0 spiro atoms. The Hall–Kier alpha value is -1.89. The third-order valence-electron chi connectivity index (χ3n) is 3.73. The molecule has 0 heterocycles. The molecule has 2 aromatic rings. The summed E-state index contributed by atoms with van der Waals surface area (Å²) in [6, 6.07) is 14.8. The van der Waals surface area contributed by atoms with Crippen molar-refractivity contribution in [2.45, 2.75) is 18.8 Å². The van der Waals surface area contributed by atoms with E-state index >= 15 is 0 Å². The lowest BCUT2D eigenvalue weighted by molar-refractivity contribution is 0.182. The zero-order valence-corrected chi connectivity index (χ0v) is 15.0. The number of aliphatic hydroxyl groups excluding tert-OH is 1. The first kappa shape index (κ1) is 18.4. The van der Waals surface area contributed by atoms with E-state index < -0.39 is 16.1 Å². The molecule has 6 heteroatoms. The van der Waals surface area contributed by atoms with Crippen molar-refractivity contribution >= 4 is 15.7 Å². The minimum atomic E-state index is -3.49. The van der Waals surface area contributed by atoms with Gasteiger partial charge in [-0.3, -0.25) is 0 Å². The molecule has 0 saturated carbocycles. The molecular weight excluding hydrogens is 324 g/mol. The number of aryl methyl sites for hydroxylation is 1. The monoisotopic (exact) mass is 348 g/mol. The van der Waals surface area contributed by atoms with Crippen LogP contribution < -0.4 is 9.62 Å². The van der Waals surface area contributed by atoms with Crippen LogP contribution in [0.15, 0.2) is 48.5 Å². The van der Waals surface area contributed by atoms with Crippen molar-refractivity contribution in [2.75, 3.05) is 25.5 Å². The van der Waals surface area contributed by atoms with Gasteiger partial charge in [0.1, 0.15) is 0 Å². The molecule has 0 unspecified atom stereocenters. The Morgan fingerprint density at radius 2 is 1.79 bits per heavy atom. The van der Waals surface area contributed by atoms with Crippen LogP contribution in [0.1, 0.15) is 22.8 Å². The van der Waals surface area contributed by atoms with E-state index in [1.54, 1.807) is 18.2 Å². The van der Waals surface area contributed by atoms with Gasteiger partial charge in [-0.2, -0.15) is 0 Å². The lowest BCUT2D eigenvalue weighted by Gasteiger charge is -2.16. The summed E-state index contributed by atoms with van der Waals surface area (Å²) in [5.41, 5.74) is 3.45. The Bertz CT molecular complexity index is 771. The van der Waals surface area contributed by atoms with Crippen molar-refractivity contribution in [3.8, 4) is 0 Å². The summed E-state index contributed by atoms with van der Waals surface area (Å²) in [5.74, 6) is -0.0963. The summed E-state index contributed by atoms with van der Waals surface area (Å²) in [6.45, 7) is 1.88. The first-order valence-electron chi connectivity index (χ1n) is 7.75. The molecule has 130 valence electrons. The summed E-state index contributed by atoms with van der Waals surface area (Å²) < 4.78 is 26.8. The topological polar surface area (TPSA) is 69.6 Å². The van der Waals surface area contributed by atoms with E-state index in [0.717, 1.165) is 16.8 Å². The molecule has 2 aromatic carbocycles. The quantitative estimate of drug-likeness (QED) is 0.805. The van der Waals surface area contributed by atoms with Gasteiger partial charge in [-0.25, -0.2) is 13.1 Å². The number of benzene rings is 2. The molecule has 0 aliphatic carbocycles. The van der Waals surface area contributed by atoms with Crippen molar-refractivity contribution in [2.24, 2.45) is 0 Å². The molecule has 0 bridgehead atoms. The average molecular weight is 348 g/mol. The maximum atomic E-state index is 12.2. The summed E-state index contributed by atoms with van der Waals surface area (Å²) in [6.07, 6.45) is -0.881. The fourth-order valence-electron chi connectivity index (χ4n) is 2.39. The Morgan fingerprint density at radius 1 is 1.12 bits per heavy atom. The van der Waals surface area contributed by atoms with Crippen LogP contribution in [0.4, 0.5) is 5.69 Å². The minimum absolute atomic E-state index is 0.0462. The van der Waals surface area contributed by atoms with Gasteiger partial charge in [-0.15, -0.1) is 0 Å². The van der Waals surface area contributed by atoms with Crippen LogP contribution in [-0.4, -0.2) is 34.2 Å². The molecule has 1 atom stereocenters. The van der Waals surface area contributed by atoms with Gasteiger partial charge >= 0.3 is 0 Å². The largest absolute Gasteiger partial charge is 0.387 e. The fraction of sp³-hybridized carbons (Fsp3) is 0.333. The van der Waals surface area contributed by atoms with E-state index in [0.29, 0.717) is 5.56 Å². The molecule has 0 aliphatic rings. The predicted octanol–water partition coefficient (Wildman–Crippen LogP) is 2.21. The van der Waals surface area contributed by atoms with Crippen molar-refractivity contribution in [3.63, 3.8) is 0 Å². The van der Waals surface area contributed by atoms with Gasteiger partial charge < -0.3 is 10.0 Å². The average Bonchev–Trinajstić information content (AvgIpc) is 2.52. The first-order valence-corrected chi connectivity index (χ1v) is 9.40.